The van der Waals surface area contributed by atoms with Gasteiger partial charge in [-0.3, -0.25) is 0 Å². The van der Waals surface area contributed by atoms with Gasteiger partial charge in [0, 0.05) is 17.9 Å². The van der Waals surface area contributed by atoms with E-state index in [1.165, 1.54) is 0 Å². The largest absolute Gasteiger partial charge is 0.248 e. The van der Waals surface area contributed by atoms with Crippen LogP contribution in [0.4, 0.5) is 8.78 Å². The molecule has 1 aromatic rings. The minimum absolute atomic E-state index is 0.0284. The van der Waals surface area contributed by atoms with Gasteiger partial charge in [-0.05, 0) is 30.5 Å². The summed E-state index contributed by atoms with van der Waals surface area (Å²) in [6.45, 7) is 0. The lowest BCUT2D eigenvalue weighted by atomic mass is 9.90. The molecule has 0 aromatic heterocycles. The van der Waals surface area contributed by atoms with Gasteiger partial charge in [-0.2, -0.15) is 0 Å². The zero-order valence-electron chi connectivity index (χ0n) is 8.85. The first-order valence-electron chi connectivity index (χ1n) is 5.38. The zero-order valence-corrected chi connectivity index (χ0v) is 9.61. The number of alkyl halides is 2. The Labute approximate surface area is 98.9 Å². The van der Waals surface area contributed by atoms with Gasteiger partial charge < -0.3 is 0 Å². The molecule has 16 heavy (non-hydrogen) atoms. The molecular weight excluding hydrogens is 230 g/mol. The number of hydrogen-bond acceptors (Lipinski definition) is 0. The van der Waals surface area contributed by atoms with Gasteiger partial charge in [-0.1, -0.05) is 35.4 Å². The molecule has 1 saturated carbocycles. The molecular formula is C13H13ClF2. The van der Waals surface area contributed by atoms with Crippen LogP contribution in [0.1, 0.15) is 31.2 Å². The maximum absolute atomic E-state index is 12.9. The molecule has 0 nitrogen and oxygen atoms in total. The lowest BCUT2D eigenvalue weighted by Crippen LogP contribution is -2.20. The second-order valence-electron chi connectivity index (χ2n) is 4.21. The van der Waals surface area contributed by atoms with Crippen LogP contribution in [0.2, 0.25) is 5.02 Å². The van der Waals surface area contributed by atoms with Crippen molar-refractivity contribution >= 4 is 17.7 Å². The topological polar surface area (TPSA) is 0 Å². The Hall–Kier alpha value is -0.890. The first kappa shape index (κ1) is 11.6. The van der Waals surface area contributed by atoms with Crippen molar-refractivity contribution in [3.8, 4) is 0 Å². The summed E-state index contributed by atoms with van der Waals surface area (Å²) >= 11 is 5.86. The number of hydrogen-bond donors (Lipinski definition) is 0. The van der Waals surface area contributed by atoms with E-state index < -0.39 is 5.92 Å². The normalized spacial score (nSPS) is 19.6. The Morgan fingerprint density at radius 1 is 1.19 bits per heavy atom. The third-order valence-electron chi connectivity index (χ3n) is 2.84. The second kappa shape index (κ2) is 4.54. The Morgan fingerprint density at radius 2 is 1.88 bits per heavy atom. The van der Waals surface area contributed by atoms with E-state index in [0.717, 1.165) is 11.1 Å². The van der Waals surface area contributed by atoms with Gasteiger partial charge in [-0.25, -0.2) is 8.78 Å². The highest BCUT2D eigenvalue weighted by Gasteiger charge is 2.32. The van der Waals surface area contributed by atoms with Crippen LogP contribution in [0.5, 0.6) is 0 Å². The van der Waals surface area contributed by atoms with E-state index in [1.807, 2.05) is 24.3 Å². The fraction of sp³-hybridized carbons (Fsp3) is 0.385. The Bertz CT molecular complexity index is 398. The summed E-state index contributed by atoms with van der Waals surface area (Å²) in [4.78, 5) is 0. The lowest BCUT2D eigenvalue weighted by molar-refractivity contribution is -0.0243. The third-order valence-corrected chi connectivity index (χ3v) is 3.08. The molecule has 0 aliphatic heterocycles. The van der Waals surface area contributed by atoms with Crippen molar-refractivity contribution in [3.05, 3.63) is 40.4 Å². The van der Waals surface area contributed by atoms with E-state index in [9.17, 15) is 8.78 Å². The van der Waals surface area contributed by atoms with Crippen LogP contribution in [-0.2, 0) is 0 Å². The smallest absolute Gasteiger partial charge is 0.207 e. The minimum atomic E-state index is -2.47. The summed E-state index contributed by atoms with van der Waals surface area (Å²) in [5, 5.41) is 0.676. The van der Waals surface area contributed by atoms with Gasteiger partial charge in [0.2, 0.25) is 5.92 Å². The Morgan fingerprint density at radius 3 is 2.50 bits per heavy atom. The van der Waals surface area contributed by atoms with Crippen molar-refractivity contribution in [2.75, 3.05) is 0 Å². The predicted molar refractivity (Wildman–Crippen MR) is 62.8 cm³/mol. The average molecular weight is 243 g/mol. The number of halogens is 3. The fourth-order valence-electron chi connectivity index (χ4n) is 1.91. The molecule has 0 unspecified atom stereocenters. The van der Waals surface area contributed by atoms with E-state index in [1.54, 1.807) is 6.07 Å². The first-order valence-corrected chi connectivity index (χ1v) is 5.76. The van der Waals surface area contributed by atoms with Crippen molar-refractivity contribution in [1.82, 2.24) is 0 Å². The zero-order chi connectivity index (χ0) is 11.6. The van der Waals surface area contributed by atoms with Crippen molar-refractivity contribution < 1.29 is 8.78 Å². The van der Waals surface area contributed by atoms with Gasteiger partial charge >= 0.3 is 0 Å². The van der Waals surface area contributed by atoms with Gasteiger partial charge in [0.05, 0.1) is 0 Å². The quantitative estimate of drug-likeness (QED) is 0.655. The van der Waals surface area contributed by atoms with Gasteiger partial charge in [0.1, 0.15) is 0 Å². The number of benzene rings is 1. The molecule has 0 amide bonds. The highest BCUT2D eigenvalue weighted by molar-refractivity contribution is 6.30. The van der Waals surface area contributed by atoms with Crippen molar-refractivity contribution in [2.24, 2.45) is 0 Å². The van der Waals surface area contributed by atoms with E-state index in [-0.39, 0.29) is 12.8 Å². The highest BCUT2D eigenvalue weighted by Crippen LogP contribution is 2.36. The SMILES string of the molecule is FC1(F)CCC(=Cc2cccc(Cl)c2)CC1. The Balaban J connectivity index is 2.09. The molecule has 0 heterocycles. The molecule has 0 radical (unpaired) electrons. The summed E-state index contributed by atoms with van der Waals surface area (Å²) in [7, 11) is 0. The van der Waals surface area contributed by atoms with E-state index in [0.29, 0.717) is 17.9 Å². The number of rotatable bonds is 1. The molecule has 0 N–H and O–H groups in total. The average Bonchev–Trinajstić information content (AvgIpc) is 2.21. The fourth-order valence-corrected chi connectivity index (χ4v) is 2.11. The van der Waals surface area contributed by atoms with Gasteiger partial charge in [0.25, 0.3) is 0 Å². The van der Waals surface area contributed by atoms with E-state index in [4.69, 9.17) is 11.6 Å². The lowest BCUT2D eigenvalue weighted by Gasteiger charge is -2.23. The van der Waals surface area contributed by atoms with Gasteiger partial charge in [0.15, 0.2) is 0 Å². The maximum atomic E-state index is 12.9. The summed E-state index contributed by atoms with van der Waals surface area (Å²) in [5.74, 6) is -2.47. The van der Waals surface area contributed by atoms with Crippen LogP contribution < -0.4 is 0 Å². The van der Waals surface area contributed by atoms with Crippen LogP contribution in [0.3, 0.4) is 0 Å². The van der Waals surface area contributed by atoms with Crippen LogP contribution in [0.15, 0.2) is 29.8 Å². The maximum Gasteiger partial charge on any atom is 0.248 e. The molecule has 0 spiro atoms. The van der Waals surface area contributed by atoms with Gasteiger partial charge in [-0.15, -0.1) is 0 Å². The molecule has 0 saturated heterocycles. The van der Waals surface area contributed by atoms with Crippen LogP contribution >= 0.6 is 11.6 Å². The monoisotopic (exact) mass is 242 g/mol. The second-order valence-corrected chi connectivity index (χ2v) is 4.65. The predicted octanol–water partition coefficient (Wildman–Crippen LogP) is 4.93. The van der Waals surface area contributed by atoms with Crippen molar-refractivity contribution in [2.45, 2.75) is 31.6 Å². The summed E-state index contributed by atoms with van der Waals surface area (Å²) in [6, 6.07) is 7.46. The van der Waals surface area contributed by atoms with Crippen LogP contribution in [0.25, 0.3) is 6.08 Å². The van der Waals surface area contributed by atoms with E-state index in [2.05, 4.69) is 0 Å². The molecule has 1 aliphatic rings. The van der Waals surface area contributed by atoms with E-state index >= 15 is 0 Å². The molecule has 0 atom stereocenters. The van der Waals surface area contributed by atoms with Crippen LogP contribution in [-0.4, -0.2) is 5.92 Å². The molecule has 1 aromatic carbocycles. The molecule has 3 heteroatoms. The summed E-state index contributed by atoms with van der Waals surface area (Å²) in [6.07, 6.45) is 2.89. The molecule has 86 valence electrons. The molecule has 0 bridgehead atoms. The van der Waals surface area contributed by atoms with Crippen molar-refractivity contribution in [3.63, 3.8) is 0 Å². The van der Waals surface area contributed by atoms with Crippen LogP contribution in [0, 0.1) is 0 Å². The molecule has 1 aliphatic carbocycles. The third kappa shape index (κ3) is 3.05. The summed E-state index contributed by atoms with van der Waals surface area (Å²) in [5.41, 5.74) is 2.08. The standard InChI is InChI=1S/C13H13ClF2/c14-12-3-1-2-11(9-12)8-10-4-6-13(15,16)7-5-10/h1-3,8-9H,4-7H2. The molecule has 2 rings (SSSR count). The first-order chi connectivity index (χ1) is 7.55. The van der Waals surface area contributed by atoms with Crippen molar-refractivity contribution in [1.29, 1.82) is 0 Å². The summed E-state index contributed by atoms with van der Waals surface area (Å²) < 4.78 is 25.9. The Kier molecular flexibility index (Phi) is 3.29. The molecule has 1 fully saturated rings. The highest BCUT2D eigenvalue weighted by atomic mass is 35.5. The number of allylic oxidation sites excluding steroid dienone is 1. The minimum Gasteiger partial charge on any atom is -0.207 e.